The molecule has 1 rings (SSSR count). The number of halogens is 1. The van der Waals surface area contributed by atoms with Gasteiger partial charge in [-0.1, -0.05) is 11.6 Å². The van der Waals surface area contributed by atoms with Gasteiger partial charge in [0, 0.05) is 13.1 Å². The minimum Gasteiger partial charge on any atom is -0.323 e. The number of aryl methyl sites for hydroxylation is 1. The van der Waals surface area contributed by atoms with Crippen molar-refractivity contribution in [2.24, 2.45) is 12.8 Å². The van der Waals surface area contributed by atoms with Crippen molar-refractivity contribution in [1.82, 2.24) is 9.78 Å². The Morgan fingerprint density at radius 3 is 2.60 bits per heavy atom. The summed E-state index contributed by atoms with van der Waals surface area (Å²) < 4.78 is 1.60. The van der Waals surface area contributed by atoms with Crippen molar-refractivity contribution >= 4 is 11.6 Å². The molecule has 1 heterocycles. The largest absolute Gasteiger partial charge is 0.323 e. The highest BCUT2D eigenvalue weighted by atomic mass is 35.5. The molecule has 0 aliphatic carbocycles. The van der Waals surface area contributed by atoms with Gasteiger partial charge in [0.25, 0.3) is 0 Å². The van der Waals surface area contributed by atoms with Crippen molar-refractivity contribution < 1.29 is 0 Å². The van der Waals surface area contributed by atoms with E-state index in [0.29, 0.717) is 5.15 Å². The van der Waals surface area contributed by atoms with Gasteiger partial charge in [-0.2, -0.15) is 5.10 Å². The van der Waals surface area contributed by atoms with Crippen LogP contribution in [0, 0.1) is 0 Å². The second kappa shape index (κ2) is 2.60. The van der Waals surface area contributed by atoms with Gasteiger partial charge >= 0.3 is 0 Å². The summed E-state index contributed by atoms with van der Waals surface area (Å²) in [4.78, 5) is 0. The SMILES string of the molecule is CC(N)c1cc(Cl)n(C)n1. The monoisotopic (exact) mass is 159 g/mol. The lowest BCUT2D eigenvalue weighted by Crippen LogP contribution is -2.06. The molecule has 0 bridgehead atoms. The Balaban J connectivity index is 2.98. The summed E-state index contributed by atoms with van der Waals surface area (Å²) in [6.45, 7) is 1.87. The third kappa shape index (κ3) is 1.30. The second-order valence-corrected chi connectivity index (χ2v) is 2.69. The molecule has 0 aromatic carbocycles. The summed E-state index contributed by atoms with van der Waals surface area (Å²) in [7, 11) is 1.79. The van der Waals surface area contributed by atoms with Gasteiger partial charge in [0.1, 0.15) is 5.15 Å². The molecule has 56 valence electrons. The second-order valence-electron chi connectivity index (χ2n) is 2.30. The molecule has 0 saturated carbocycles. The highest BCUT2D eigenvalue weighted by Gasteiger charge is 2.05. The van der Waals surface area contributed by atoms with Crippen LogP contribution >= 0.6 is 11.6 Å². The van der Waals surface area contributed by atoms with Crippen LogP contribution in [0.15, 0.2) is 6.07 Å². The Morgan fingerprint density at radius 2 is 2.40 bits per heavy atom. The zero-order valence-electron chi connectivity index (χ0n) is 6.00. The summed E-state index contributed by atoms with van der Waals surface area (Å²) in [6.07, 6.45) is 0. The lowest BCUT2D eigenvalue weighted by molar-refractivity contribution is 0.699. The van der Waals surface area contributed by atoms with Gasteiger partial charge in [-0.25, -0.2) is 0 Å². The number of hydrogen-bond donors (Lipinski definition) is 1. The maximum Gasteiger partial charge on any atom is 0.127 e. The van der Waals surface area contributed by atoms with Gasteiger partial charge in [0.2, 0.25) is 0 Å². The van der Waals surface area contributed by atoms with Crippen LogP contribution < -0.4 is 5.73 Å². The van der Waals surface area contributed by atoms with Crippen LogP contribution in [-0.4, -0.2) is 9.78 Å². The average Bonchev–Trinajstić information content (AvgIpc) is 2.13. The molecular weight excluding hydrogens is 150 g/mol. The molecule has 0 amide bonds. The normalized spacial score (nSPS) is 13.6. The van der Waals surface area contributed by atoms with Crippen LogP contribution in [0.3, 0.4) is 0 Å². The summed E-state index contributed by atoms with van der Waals surface area (Å²) >= 11 is 5.72. The maximum atomic E-state index is 5.72. The first-order valence-electron chi connectivity index (χ1n) is 3.06. The third-order valence-electron chi connectivity index (χ3n) is 1.31. The molecule has 1 atom stereocenters. The third-order valence-corrected chi connectivity index (χ3v) is 1.66. The first-order chi connectivity index (χ1) is 4.61. The fraction of sp³-hybridized carbons (Fsp3) is 0.500. The lowest BCUT2D eigenvalue weighted by atomic mass is 10.3. The molecule has 1 aromatic rings. The molecular formula is C6H10ClN3. The van der Waals surface area contributed by atoms with Crippen molar-refractivity contribution in [2.45, 2.75) is 13.0 Å². The molecule has 0 aliphatic rings. The highest BCUT2D eigenvalue weighted by molar-refractivity contribution is 6.29. The van der Waals surface area contributed by atoms with Crippen LogP contribution in [0.25, 0.3) is 0 Å². The molecule has 0 aliphatic heterocycles. The molecule has 1 unspecified atom stereocenters. The van der Waals surface area contributed by atoms with Crippen LogP contribution in [0.4, 0.5) is 0 Å². The van der Waals surface area contributed by atoms with Crippen molar-refractivity contribution in [1.29, 1.82) is 0 Å². The van der Waals surface area contributed by atoms with Crippen LogP contribution in [0.1, 0.15) is 18.7 Å². The van der Waals surface area contributed by atoms with E-state index in [2.05, 4.69) is 5.10 Å². The smallest absolute Gasteiger partial charge is 0.127 e. The molecule has 4 heteroatoms. The van der Waals surface area contributed by atoms with E-state index in [9.17, 15) is 0 Å². The van der Waals surface area contributed by atoms with Crippen molar-refractivity contribution in [3.63, 3.8) is 0 Å². The summed E-state index contributed by atoms with van der Waals surface area (Å²) in [5, 5.41) is 4.69. The summed E-state index contributed by atoms with van der Waals surface area (Å²) in [6, 6.07) is 1.73. The molecule has 0 spiro atoms. The van der Waals surface area contributed by atoms with Gasteiger partial charge in [0.05, 0.1) is 5.69 Å². The van der Waals surface area contributed by atoms with E-state index < -0.39 is 0 Å². The Kier molecular flexibility index (Phi) is 1.97. The maximum absolute atomic E-state index is 5.72. The fourth-order valence-corrected chi connectivity index (χ4v) is 0.837. The summed E-state index contributed by atoms with van der Waals surface area (Å²) in [5.74, 6) is 0. The Labute approximate surface area is 64.8 Å². The molecule has 3 nitrogen and oxygen atoms in total. The minimum atomic E-state index is -0.0429. The predicted molar refractivity (Wildman–Crippen MR) is 40.8 cm³/mol. The van der Waals surface area contributed by atoms with Crippen LogP contribution in [0.2, 0.25) is 5.15 Å². The van der Waals surface area contributed by atoms with Gasteiger partial charge in [-0.3, -0.25) is 4.68 Å². The summed E-state index contributed by atoms with van der Waals surface area (Å²) in [5.41, 5.74) is 6.39. The lowest BCUT2D eigenvalue weighted by Gasteiger charge is -1.96. The Hall–Kier alpha value is -0.540. The Bertz CT molecular complexity index is 209. The first kappa shape index (κ1) is 7.57. The number of hydrogen-bond acceptors (Lipinski definition) is 2. The minimum absolute atomic E-state index is 0.0429. The van der Waals surface area contributed by atoms with E-state index in [1.165, 1.54) is 0 Å². The quantitative estimate of drug-likeness (QED) is 0.667. The highest BCUT2D eigenvalue weighted by Crippen LogP contribution is 2.13. The zero-order valence-corrected chi connectivity index (χ0v) is 6.76. The van der Waals surface area contributed by atoms with Crippen molar-refractivity contribution in [3.8, 4) is 0 Å². The van der Waals surface area contributed by atoms with Gasteiger partial charge < -0.3 is 5.73 Å². The number of aromatic nitrogens is 2. The number of nitrogens with two attached hydrogens (primary N) is 1. The van der Waals surface area contributed by atoms with Gasteiger partial charge in [-0.05, 0) is 13.0 Å². The van der Waals surface area contributed by atoms with E-state index in [1.807, 2.05) is 6.92 Å². The zero-order chi connectivity index (χ0) is 7.72. The number of nitrogens with zero attached hydrogens (tertiary/aromatic N) is 2. The van der Waals surface area contributed by atoms with Crippen LogP contribution in [0.5, 0.6) is 0 Å². The first-order valence-corrected chi connectivity index (χ1v) is 3.44. The van der Waals surface area contributed by atoms with E-state index >= 15 is 0 Å². The topological polar surface area (TPSA) is 43.8 Å². The molecule has 0 saturated heterocycles. The van der Waals surface area contributed by atoms with E-state index in [0.717, 1.165) is 5.69 Å². The van der Waals surface area contributed by atoms with E-state index in [-0.39, 0.29) is 6.04 Å². The predicted octanol–water partition coefficient (Wildman–Crippen LogP) is 1.09. The molecule has 0 fully saturated rings. The molecule has 2 N–H and O–H groups in total. The Morgan fingerprint density at radius 1 is 1.80 bits per heavy atom. The fourth-order valence-electron chi connectivity index (χ4n) is 0.688. The van der Waals surface area contributed by atoms with E-state index in [4.69, 9.17) is 17.3 Å². The van der Waals surface area contributed by atoms with Crippen LogP contribution in [-0.2, 0) is 7.05 Å². The molecule has 1 aromatic heterocycles. The standard InChI is InChI=1S/C6H10ClN3/c1-4(8)5-3-6(7)10(2)9-5/h3-4H,8H2,1-2H3. The van der Waals surface area contributed by atoms with Crippen molar-refractivity contribution in [3.05, 3.63) is 16.9 Å². The average molecular weight is 160 g/mol. The van der Waals surface area contributed by atoms with Gasteiger partial charge in [-0.15, -0.1) is 0 Å². The van der Waals surface area contributed by atoms with Crippen molar-refractivity contribution in [2.75, 3.05) is 0 Å². The molecule has 10 heavy (non-hydrogen) atoms. The van der Waals surface area contributed by atoms with Gasteiger partial charge in [0.15, 0.2) is 0 Å². The van der Waals surface area contributed by atoms with E-state index in [1.54, 1.807) is 17.8 Å². The molecule has 0 radical (unpaired) electrons. The number of rotatable bonds is 1.